The van der Waals surface area contributed by atoms with E-state index >= 15 is 0 Å². The molecular formula is C29H35N7O. The van der Waals surface area contributed by atoms with E-state index in [-0.39, 0.29) is 12.2 Å². The molecule has 8 nitrogen and oxygen atoms in total. The molecule has 37 heavy (non-hydrogen) atoms. The van der Waals surface area contributed by atoms with Gasteiger partial charge in [-0.05, 0) is 49.9 Å². The predicted molar refractivity (Wildman–Crippen MR) is 146 cm³/mol. The van der Waals surface area contributed by atoms with Crippen molar-refractivity contribution >= 4 is 22.4 Å². The number of hydrogen-bond donors (Lipinski definition) is 0. The van der Waals surface area contributed by atoms with Crippen LogP contribution in [0, 0.1) is 11.3 Å². The van der Waals surface area contributed by atoms with Crippen molar-refractivity contribution in [2.75, 3.05) is 69.2 Å². The first kappa shape index (κ1) is 24.1. The highest BCUT2D eigenvalue weighted by molar-refractivity contribution is 5.95. The number of aromatic nitrogens is 2. The van der Waals surface area contributed by atoms with E-state index in [4.69, 9.17) is 9.72 Å². The Morgan fingerprint density at radius 2 is 1.89 bits per heavy atom. The summed E-state index contributed by atoms with van der Waals surface area (Å²) in [4.78, 5) is 19.3. The number of ether oxygens (including phenoxy) is 1. The molecule has 2 saturated heterocycles. The van der Waals surface area contributed by atoms with Crippen LogP contribution in [0.5, 0.6) is 0 Å². The van der Waals surface area contributed by atoms with Gasteiger partial charge < -0.3 is 19.4 Å². The van der Waals surface area contributed by atoms with E-state index in [0.29, 0.717) is 5.56 Å². The smallest absolute Gasteiger partial charge is 0.128 e. The summed E-state index contributed by atoms with van der Waals surface area (Å²) in [6.07, 6.45) is 3.07. The third-order valence-electron chi connectivity index (χ3n) is 7.92. The number of hydrogen-bond acceptors (Lipinski definition) is 8. The largest absolute Gasteiger partial charge is 0.370 e. The number of nitriles is 1. The van der Waals surface area contributed by atoms with Crippen molar-refractivity contribution in [3.8, 4) is 6.07 Å². The summed E-state index contributed by atoms with van der Waals surface area (Å²) in [5.41, 5.74) is 5.17. The van der Waals surface area contributed by atoms with Crippen molar-refractivity contribution in [3.63, 3.8) is 0 Å². The van der Waals surface area contributed by atoms with Crippen molar-refractivity contribution < 1.29 is 4.74 Å². The van der Waals surface area contributed by atoms with Gasteiger partial charge in [0.1, 0.15) is 11.9 Å². The summed E-state index contributed by atoms with van der Waals surface area (Å²) in [6.45, 7) is 10.8. The second-order valence-electron chi connectivity index (χ2n) is 10.7. The number of rotatable bonds is 4. The van der Waals surface area contributed by atoms with Gasteiger partial charge in [0, 0.05) is 88.3 Å². The van der Waals surface area contributed by atoms with Gasteiger partial charge in [-0.2, -0.15) is 5.26 Å². The van der Waals surface area contributed by atoms with Crippen molar-refractivity contribution in [1.29, 1.82) is 5.26 Å². The van der Waals surface area contributed by atoms with Crippen LogP contribution in [0.4, 0.5) is 11.5 Å². The first-order valence-corrected chi connectivity index (χ1v) is 13.4. The first-order valence-electron chi connectivity index (χ1n) is 13.4. The molecular weight excluding hydrogens is 462 g/mol. The Morgan fingerprint density at radius 1 is 1.03 bits per heavy atom. The summed E-state index contributed by atoms with van der Waals surface area (Å²) in [7, 11) is 2.18. The van der Waals surface area contributed by atoms with Gasteiger partial charge in [-0.15, -0.1) is 0 Å². The molecule has 2 fully saturated rings. The van der Waals surface area contributed by atoms with Gasteiger partial charge in [0.15, 0.2) is 0 Å². The van der Waals surface area contributed by atoms with E-state index < -0.39 is 0 Å². The lowest BCUT2D eigenvalue weighted by Gasteiger charge is -2.42. The van der Waals surface area contributed by atoms with Gasteiger partial charge in [0.05, 0.1) is 23.3 Å². The van der Waals surface area contributed by atoms with E-state index in [2.05, 4.69) is 68.9 Å². The van der Waals surface area contributed by atoms with Crippen molar-refractivity contribution in [3.05, 3.63) is 59.4 Å². The number of benzene rings is 1. The maximum absolute atomic E-state index is 9.52. The Labute approximate surface area is 219 Å². The Bertz CT molecular complexity index is 1310. The molecule has 0 radical (unpaired) electrons. The first-order chi connectivity index (χ1) is 18.1. The number of nitrogens with zero attached hydrogens (tertiary/aromatic N) is 7. The lowest BCUT2D eigenvalue weighted by Crippen LogP contribution is -2.54. The van der Waals surface area contributed by atoms with E-state index in [1.165, 1.54) is 11.3 Å². The molecule has 0 spiro atoms. The molecule has 3 aromatic rings. The second kappa shape index (κ2) is 10.3. The summed E-state index contributed by atoms with van der Waals surface area (Å²) >= 11 is 0. The molecule has 0 aliphatic carbocycles. The minimum absolute atomic E-state index is 0.136. The highest BCUT2D eigenvalue weighted by Crippen LogP contribution is 2.30. The van der Waals surface area contributed by atoms with Gasteiger partial charge in [0.25, 0.3) is 0 Å². The molecule has 0 saturated carbocycles. The van der Waals surface area contributed by atoms with E-state index in [9.17, 15) is 5.26 Å². The Kier molecular flexibility index (Phi) is 6.68. The van der Waals surface area contributed by atoms with E-state index in [1.54, 1.807) is 6.20 Å². The monoisotopic (exact) mass is 497 g/mol. The summed E-state index contributed by atoms with van der Waals surface area (Å²) < 4.78 is 6.40. The van der Waals surface area contributed by atoms with Crippen LogP contribution in [-0.4, -0.2) is 91.4 Å². The quantitative estimate of drug-likeness (QED) is 0.545. The van der Waals surface area contributed by atoms with Crippen LogP contribution in [0.2, 0.25) is 0 Å². The zero-order chi connectivity index (χ0) is 25.4. The molecule has 5 heterocycles. The van der Waals surface area contributed by atoms with Gasteiger partial charge in [0.2, 0.25) is 0 Å². The van der Waals surface area contributed by atoms with E-state index in [0.717, 1.165) is 87.7 Å². The summed E-state index contributed by atoms with van der Waals surface area (Å²) in [5.74, 6) is 1.12. The molecule has 2 atom stereocenters. The number of likely N-dealkylation sites (N-methyl/N-ethyl adjacent to an activating group) is 1. The second-order valence-corrected chi connectivity index (χ2v) is 10.7. The lowest BCUT2D eigenvalue weighted by atomic mass is 10.1. The summed E-state index contributed by atoms with van der Waals surface area (Å²) in [6, 6.07) is 14.7. The topological polar surface area (TPSA) is 71.8 Å². The van der Waals surface area contributed by atoms with Crippen LogP contribution in [0.25, 0.3) is 10.9 Å². The highest BCUT2D eigenvalue weighted by atomic mass is 16.5. The van der Waals surface area contributed by atoms with Crippen LogP contribution < -0.4 is 9.80 Å². The predicted octanol–water partition coefficient (Wildman–Crippen LogP) is 2.91. The normalized spacial score (nSPS) is 23.2. The Morgan fingerprint density at radius 3 is 2.73 bits per heavy atom. The van der Waals surface area contributed by atoms with Gasteiger partial charge in [-0.25, -0.2) is 4.98 Å². The zero-order valence-corrected chi connectivity index (χ0v) is 21.8. The highest BCUT2D eigenvalue weighted by Gasteiger charge is 2.30. The SMILES string of the molecule is CC1CN(c2ccc(C#N)c3ncccc23)CC(CN2CCN(c3ccc4c(n3)CCN(C)C4)CC2)O1. The van der Waals surface area contributed by atoms with Crippen LogP contribution >= 0.6 is 0 Å². The van der Waals surface area contributed by atoms with Crippen LogP contribution in [-0.2, 0) is 17.7 Å². The minimum Gasteiger partial charge on any atom is -0.370 e. The molecule has 0 N–H and O–H groups in total. The van der Waals surface area contributed by atoms with Gasteiger partial charge in [-0.1, -0.05) is 6.07 Å². The van der Waals surface area contributed by atoms with Crippen LogP contribution in [0.1, 0.15) is 23.7 Å². The van der Waals surface area contributed by atoms with Crippen molar-refractivity contribution in [1.82, 2.24) is 19.8 Å². The lowest BCUT2D eigenvalue weighted by molar-refractivity contribution is -0.0327. The fourth-order valence-electron chi connectivity index (χ4n) is 6.04. The number of anilines is 2. The molecule has 6 rings (SSSR count). The third-order valence-corrected chi connectivity index (χ3v) is 7.92. The van der Waals surface area contributed by atoms with Crippen LogP contribution in [0.3, 0.4) is 0 Å². The van der Waals surface area contributed by atoms with Crippen molar-refractivity contribution in [2.45, 2.75) is 32.1 Å². The Balaban J connectivity index is 1.10. The molecule has 8 heteroatoms. The average Bonchev–Trinajstić information content (AvgIpc) is 2.92. The van der Waals surface area contributed by atoms with Gasteiger partial charge >= 0.3 is 0 Å². The fourth-order valence-corrected chi connectivity index (χ4v) is 6.04. The summed E-state index contributed by atoms with van der Waals surface area (Å²) in [5, 5.41) is 10.6. The molecule has 0 amide bonds. The van der Waals surface area contributed by atoms with Gasteiger partial charge in [-0.3, -0.25) is 9.88 Å². The minimum atomic E-state index is 0.136. The number of fused-ring (bicyclic) bond motifs is 2. The molecule has 1 aromatic carbocycles. The molecule has 3 aliphatic heterocycles. The molecule has 192 valence electrons. The molecule has 2 unspecified atom stereocenters. The molecule has 0 bridgehead atoms. The van der Waals surface area contributed by atoms with E-state index in [1.807, 2.05) is 12.1 Å². The number of pyridine rings is 2. The third kappa shape index (κ3) is 4.99. The molecule has 3 aliphatic rings. The van der Waals surface area contributed by atoms with Crippen LogP contribution in [0.15, 0.2) is 42.6 Å². The van der Waals surface area contributed by atoms with Crippen molar-refractivity contribution in [2.24, 2.45) is 0 Å². The Hall–Kier alpha value is -3.25. The molecule has 2 aromatic heterocycles. The average molecular weight is 498 g/mol. The fraction of sp³-hybridized carbons (Fsp3) is 0.483. The maximum Gasteiger partial charge on any atom is 0.128 e. The number of morpholine rings is 1. The zero-order valence-electron chi connectivity index (χ0n) is 21.8. The maximum atomic E-state index is 9.52. The number of piperazine rings is 1. The standard InChI is InChI=1S/C29H35N7O/c1-21-17-36(27-7-5-22(16-30)29-25(27)4-3-10-31-29)20-24(37-21)19-34-12-14-35(15-13-34)28-8-6-23-18-33(2)11-9-26(23)32-28/h3-8,10,21,24H,9,11-15,17-20H2,1-2H3.